The van der Waals surface area contributed by atoms with Gasteiger partial charge in [0, 0.05) is 38.8 Å². The maximum Gasteiger partial charge on any atom is 0.221 e. The summed E-state index contributed by atoms with van der Waals surface area (Å²) in [5.74, 6) is 0.490. The summed E-state index contributed by atoms with van der Waals surface area (Å²) >= 11 is 0. The van der Waals surface area contributed by atoms with E-state index in [9.17, 15) is 4.79 Å². The number of rotatable bonds is 9. The molecule has 124 valence electrons. The van der Waals surface area contributed by atoms with Crippen molar-refractivity contribution in [3.8, 4) is 0 Å². The van der Waals surface area contributed by atoms with Crippen LogP contribution in [0.25, 0.3) is 0 Å². The highest BCUT2D eigenvalue weighted by Gasteiger charge is 2.16. The number of amides is 1. The number of carbonyl (C=O) groups is 1. The number of hydrogen-bond donors (Lipinski definition) is 3. The zero-order valence-corrected chi connectivity index (χ0v) is 15.2. The number of ether oxygens (including phenoxy) is 1. The molecular weight excluding hydrogens is 383 g/mol. The number of nitrogens with one attached hydrogen (secondary N) is 2. The topological polar surface area (TPSA) is 88.7 Å². The molecule has 0 aromatic carbocycles. The lowest BCUT2D eigenvalue weighted by atomic mass is 10.2. The minimum atomic E-state index is 0. The third kappa shape index (κ3) is 10.8. The molecule has 4 N–H and O–H groups in total. The fourth-order valence-electron chi connectivity index (χ4n) is 2.24. The molecule has 7 heteroatoms. The maximum absolute atomic E-state index is 11.7. The van der Waals surface area contributed by atoms with Crippen LogP contribution in [0.2, 0.25) is 0 Å². The highest BCUT2D eigenvalue weighted by molar-refractivity contribution is 14.0. The van der Waals surface area contributed by atoms with Crippen LogP contribution in [0.1, 0.15) is 45.4 Å². The van der Waals surface area contributed by atoms with Gasteiger partial charge in [0.2, 0.25) is 5.91 Å². The molecule has 0 atom stereocenters. The first-order chi connectivity index (χ1) is 9.72. The van der Waals surface area contributed by atoms with Gasteiger partial charge in [0.1, 0.15) is 0 Å². The molecule has 1 aliphatic rings. The standard InChI is InChI=1S/C14H28N4O2.HI/c1-2-20-11-5-9-16-14(15)17-10-8-13(19)18-12-6-3-4-7-12;/h12H,2-11H2,1H3,(H,18,19)(H3,15,16,17);1H. The lowest BCUT2D eigenvalue weighted by Crippen LogP contribution is -2.37. The van der Waals surface area contributed by atoms with E-state index in [1.54, 1.807) is 0 Å². The van der Waals surface area contributed by atoms with Crippen molar-refractivity contribution in [2.24, 2.45) is 10.7 Å². The molecule has 0 aromatic heterocycles. The Kier molecular flexibility index (Phi) is 12.8. The Balaban J connectivity index is 0.00000400. The smallest absolute Gasteiger partial charge is 0.221 e. The Morgan fingerprint density at radius 1 is 1.38 bits per heavy atom. The number of aliphatic imine (C=N–C) groups is 1. The monoisotopic (exact) mass is 412 g/mol. The van der Waals surface area contributed by atoms with Gasteiger partial charge < -0.3 is 21.1 Å². The fourth-order valence-corrected chi connectivity index (χ4v) is 2.24. The molecule has 0 radical (unpaired) electrons. The zero-order valence-electron chi connectivity index (χ0n) is 12.9. The summed E-state index contributed by atoms with van der Waals surface area (Å²) in [6, 6.07) is 0.382. The third-order valence-electron chi connectivity index (χ3n) is 3.31. The van der Waals surface area contributed by atoms with Crippen LogP contribution in [0.5, 0.6) is 0 Å². The second-order valence-electron chi connectivity index (χ2n) is 5.04. The molecule has 6 nitrogen and oxygen atoms in total. The lowest BCUT2D eigenvalue weighted by Gasteiger charge is -2.12. The Hall–Kier alpha value is -0.570. The molecule has 1 saturated carbocycles. The van der Waals surface area contributed by atoms with Crippen LogP contribution >= 0.6 is 24.0 Å². The quantitative estimate of drug-likeness (QED) is 0.231. The van der Waals surface area contributed by atoms with Crippen molar-refractivity contribution in [1.29, 1.82) is 0 Å². The normalized spacial score (nSPS) is 15.6. The van der Waals surface area contributed by atoms with E-state index < -0.39 is 0 Å². The van der Waals surface area contributed by atoms with Gasteiger partial charge in [0.15, 0.2) is 5.96 Å². The van der Waals surface area contributed by atoms with Crippen molar-refractivity contribution in [3.05, 3.63) is 0 Å². The number of halogens is 1. The predicted octanol–water partition coefficient (Wildman–Crippen LogP) is 1.38. The third-order valence-corrected chi connectivity index (χ3v) is 3.31. The molecule has 1 aliphatic carbocycles. The summed E-state index contributed by atoms with van der Waals surface area (Å²) in [5, 5.41) is 6.00. The molecule has 0 bridgehead atoms. The first kappa shape index (κ1) is 20.4. The second kappa shape index (κ2) is 13.1. The largest absolute Gasteiger partial charge is 0.382 e. The van der Waals surface area contributed by atoms with Crippen molar-refractivity contribution >= 4 is 35.8 Å². The van der Waals surface area contributed by atoms with Gasteiger partial charge in [0.25, 0.3) is 0 Å². The van der Waals surface area contributed by atoms with Crippen LogP contribution < -0.4 is 16.4 Å². The molecule has 0 spiro atoms. The van der Waals surface area contributed by atoms with Gasteiger partial charge >= 0.3 is 0 Å². The van der Waals surface area contributed by atoms with Crippen molar-refractivity contribution < 1.29 is 9.53 Å². The minimum Gasteiger partial charge on any atom is -0.382 e. The Morgan fingerprint density at radius 3 is 2.76 bits per heavy atom. The number of carbonyl (C=O) groups excluding carboxylic acids is 1. The highest BCUT2D eigenvalue weighted by atomic mass is 127. The summed E-state index contributed by atoms with van der Waals surface area (Å²) in [7, 11) is 0. The van der Waals surface area contributed by atoms with Gasteiger partial charge in [-0.2, -0.15) is 0 Å². The minimum absolute atomic E-state index is 0. The van der Waals surface area contributed by atoms with Gasteiger partial charge in [-0.3, -0.25) is 9.79 Å². The number of hydrogen-bond acceptors (Lipinski definition) is 3. The Bertz CT molecular complexity index is 307. The molecule has 0 aromatic rings. The predicted molar refractivity (Wildman–Crippen MR) is 96.0 cm³/mol. The zero-order chi connectivity index (χ0) is 14.6. The molecular formula is C14H29IN4O2. The van der Waals surface area contributed by atoms with E-state index in [4.69, 9.17) is 10.5 Å². The van der Waals surface area contributed by atoms with E-state index in [0.717, 1.165) is 25.9 Å². The molecule has 0 heterocycles. The Morgan fingerprint density at radius 2 is 2.10 bits per heavy atom. The van der Waals surface area contributed by atoms with Crippen molar-refractivity contribution in [2.75, 3.05) is 26.3 Å². The first-order valence-corrected chi connectivity index (χ1v) is 7.63. The van der Waals surface area contributed by atoms with Gasteiger partial charge in [-0.15, -0.1) is 24.0 Å². The number of nitrogens with two attached hydrogens (primary N) is 1. The van der Waals surface area contributed by atoms with E-state index in [1.807, 2.05) is 6.92 Å². The second-order valence-corrected chi connectivity index (χ2v) is 5.04. The lowest BCUT2D eigenvalue weighted by molar-refractivity contribution is -0.121. The van der Waals surface area contributed by atoms with Crippen molar-refractivity contribution in [3.63, 3.8) is 0 Å². The van der Waals surface area contributed by atoms with Crippen molar-refractivity contribution in [2.45, 2.75) is 51.5 Å². The molecule has 1 amide bonds. The van der Waals surface area contributed by atoms with Crippen LogP contribution in [0.4, 0.5) is 0 Å². The summed E-state index contributed by atoms with van der Waals surface area (Å²) in [4.78, 5) is 15.8. The maximum atomic E-state index is 11.7. The number of guanidine groups is 1. The molecule has 0 saturated heterocycles. The molecule has 1 fully saturated rings. The van der Waals surface area contributed by atoms with Gasteiger partial charge in [0.05, 0.1) is 0 Å². The average molecular weight is 412 g/mol. The fraction of sp³-hybridized carbons (Fsp3) is 0.857. The van der Waals surface area contributed by atoms with E-state index in [1.165, 1.54) is 12.8 Å². The van der Waals surface area contributed by atoms with Crippen LogP contribution in [-0.4, -0.2) is 44.2 Å². The first-order valence-electron chi connectivity index (χ1n) is 7.63. The summed E-state index contributed by atoms with van der Waals surface area (Å²) in [5.41, 5.74) is 5.70. The van der Waals surface area contributed by atoms with Crippen LogP contribution in [0, 0.1) is 0 Å². The SMILES string of the molecule is CCOCCCN=C(N)NCCC(=O)NC1CCCC1.I. The molecule has 0 aliphatic heterocycles. The van der Waals surface area contributed by atoms with Gasteiger partial charge in [-0.1, -0.05) is 12.8 Å². The van der Waals surface area contributed by atoms with Crippen LogP contribution in [-0.2, 0) is 9.53 Å². The highest BCUT2D eigenvalue weighted by Crippen LogP contribution is 2.17. The van der Waals surface area contributed by atoms with Gasteiger partial charge in [-0.25, -0.2) is 0 Å². The molecule has 0 unspecified atom stereocenters. The molecule has 21 heavy (non-hydrogen) atoms. The van der Waals surface area contributed by atoms with Crippen LogP contribution in [0.15, 0.2) is 4.99 Å². The van der Waals surface area contributed by atoms with Gasteiger partial charge in [-0.05, 0) is 26.2 Å². The van der Waals surface area contributed by atoms with E-state index in [0.29, 0.717) is 38.1 Å². The summed E-state index contributed by atoms with van der Waals surface area (Å²) in [6.07, 6.45) is 5.98. The average Bonchev–Trinajstić information content (AvgIpc) is 2.91. The molecule has 1 rings (SSSR count). The number of nitrogens with zero attached hydrogens (tertiary/aromatic N) is 1. The van der Waals surface area contributed by atoms with E-state index >= 15 is 0 Å². The summed E-state index contributed by atoms with van der Waals surface area (Å²) in [6.45, 7) is 4.58. The van der Waals surface area contributed by atoms with Crippen molar-refractivity contribution in [1.82, 2.24) is 10.6 Å². The summed E-state index contributed by atoms with van der Waals surface area (Å²) < 4.78 is 5.21. The van der Waals surface area contributed by atoms with Crippen LogP contribution in [0.3, 0.4) is 0 Å². The van der Waals surface area contributed by atoms with E-state index in [2.05, 4.69) is 15.6 Å². The Labute approximate surface area is 144 Å². The van der Waals surface area contributed by atoms with E-state index in [-0.39, 0.29) is 29.9 Å².